The third kappa shape index (κ3) is 2.42. The third-order valence-electron chi connectivity index (χ3n) is 3.14. The van der Waals surface area contributed by atoms with E-state index in [0.717, 1.165) is 22.4 Å². The number of aryl methyl sites for hydroxylation is 2. The standard InChI is InChI=1S/C13H18N2O2/c1-9-8-12(14)10(2)7-11(9)13(16)15-3-5-17-6-4-15/h7-8H,3-6,14H2,1-2H3. The molecular formula is C13H18N2O2. The fourth-order valence-electron chi connectivity index (χ4n) is 2.01. The predicted molar refractivity (Wildman–Crippen MR) is 67.1 cm³/mol. The number of nitrogen functional groups attached to an aromatic ring is 1. The van der Waals surface area contributed by atoms with Crippen LogP contribution in [0.3, 0.4) is 0 Å². The molecule has 1 heterocycles. The van der Waals surface area contributed by atoms with E-state index in [1.54, 1.807) is 0 Å². The van der Waals surface area contributed by atoms with Crippen molar-refractivity contribution in [3.05, 3.63) is 28.8 Å². The van der Waals surface area contributed by atoms with Crippen molar-refractivity contribution < 1.29 is 9.53 Å². The largest absolute Gasteiger partial charge is 0.399 e. The Morgan fingerprint density at radius 2 is 1.88 bits per heavy atom. The molecule has 92 valence electrons. The molecule has 1 aromatic rings. The molecule has 0 aromatic heterocycles. The Labute approximate surface area is 101 Å². The molecule has 1 aromatic carbocycles. The molecule has 1 aliphatic rings. The SMILES string of the molecule is Cc1cc(C(=O)N2CCOCC2)c(C)cc1N. The van der Waals surface area contributed by atoms with E-state index < -0.39 is 0 Å². The number of anilines is 1. The Bertz CT molecular complexity index is 437. The van der Waals surface area contributed by atoms with Gasteiger partial charge in [0.2, 0.25) is 0 Å². The minimum atomic E-state index is 0.0777. The van der Waals surface area contributed by atoms with E-state index in [9.17, 15) is 4.79 Å². The number of morpholine rings is 1. The van der Waals surface area contributed by atoms with E-state index in [0.29, 0.717) is 26.3 Å². The maximum Gasteiger partial charge on any atom is 0.254 e. The van der Waals surface area contributed by atoms with Gasteiger partial charge in [-0.2, -0.15) is 0 Å². The quantitative estimate of drug-likeness (QED) is 0.746. The number of carbonyl (C=O) groups is 1. The summed E-state index contributed by atoms with van der Waals surface area (Å²) >= 11 is 0. The first-order chi connectivity index (χ1) is 8.09. The number of hydrogen-bond donors (Lipinski definition) is 1. The molecule has 0 saturated carbocycles. The molecule has 17 heavy (non-hydrogen) atoms. The molecule has 0 aliphatic carbocycles. The van der Waals surface area contributed by atoms with Crippen LogP contribution in [0.4, 0.5) is 5.69 Å². The zero-order valence-electron chi connectivity index (χ0n) is 10.3. The van der Waals surface area contributed by atoms with Crippen LogP contribution in [0, 0.1) is 13.8 Å². The van der Waals surface area contributed by atoms with Crippen LogP contribution in [0.25, 0.3) is 0 Å². The maximum absolute atomic E-state index is 12.3. The van der Waals surface area contributed by atoms with Crippen LogP contribution >= 0.6 is 0 Å². The van der Waals surface area contributed by atoms with Crippen LogP contribution < -0.4 is 5.73 Å². The van der Waals surface area contributed by atoms with E-state index in [-0.39, 0.29) is 5.91 Å². The lowest BCUT2D eigenvalue weighted by molar-refractivity contribution is 0.0302. The first-order valence-corrected chi connectivity index (χ1v) is 5.83. The predicted octanol–water partition coefficient (Wildman–Crippen LogP) is 1.36. The van der Waals surface area contributed by atoms with Crippen molar-refractivity contribution >= 4 is 11.6 Å². The van der Waals surface area contributed by atoms with Gasteiger partial charge in [-0.3, -0.25) is 4.79 Å². The molecule has 0 bridgehead atoms. The van der Waals surface area contributed by atoms with Crippen LogP contribution in [-0.2, 0) is 4.74 Å². The Balaban J connectivity index is 2.26. The third-order valence-corrected chi connectivity index (χ3v) is 3.14. The molecule has 0 unspecified atom stereocenters. The number of nitrogens with two attached hydrogens (primary N) is 1. The molecule has 1 amide bonds. The normalized spacial score (nSPS) is 16.0. The van der Waals surface area contributed by atoms with Gasteiger partial charge in [0.1, 0.15) is 0 Å². The fourth-order valence-corrected chi connectivity index (χ4v) is 2.01. The maximum atomic E-state index is 12.3. The van der Waals surface area contributed by atoms with Gasteiger partial charge in [0.25, 0.3) is 5.91 Å². The van der Waals surface area contributed by atoms with Crippen molar-refractivity contribution in [1.29, 1.82) is 0 Å². The minimum absolute atomic E-state index is 0.0777. The van der Waals surface area contributed by atoms with Crippen molar-refractivity contribution in [3.63, 3.8) is 0 Å². The second kappa shape index (κ2) is 4.75. The Kier molecular flexibility index (Phi) is 3.33. The summed E-state index contributed by atoms with van der Waals surface area (Å²) in [5.41, 5.74) is 9.19. The number of amides is 1. The van der Waals surface area contributed by atoms with Crippen molar-refractivity contribution in [3.8, 4) is 0 Å². The first-order valence-electron chi connectivity index (χ1n) is 5.83. The Hall–Kier alpha value is -1.55. The second-order valence-electron chi connectivity index (χ2n) is 4.43. The van der Waals surface area contributed by atoms with Crippen molar-refractivity contribution in [1.82, 2.24) is 4.90 Å². The summed E-state index contributed by atoms with van der Waals surface area (Å²) in [5, 5.41) is 0. The number of carbonyl (C=O) groups excluding carboxylic acids is 1. The van der Waals surface area contributed by atoms with E-state index in [1.807, 2.05) is 30.9 Å². The monoisotopic (exact) mass is 234 g/mol. The smallest absolute Gasteiger partial charge is 0.254 e. The number of rotatable bonds is 1. The zero-order chi connectivity index (χ0) is 12.4. The summed E-state index contributed by atoms with van der Waals surface area (Å²) in [4.78, 5) is 14.1. The highest BCUT2D eigenvalue weighted by Gasteiger charge is 2.20. The molecule has 4 nitrogen and oxygen atoms in total. The average molecular weight is 234 g/mol. The molecular weight excluding hydrogens is 216 g/mol. The van der Waals surface area contributed by atoms with Gasteiger partial charge >= 0.3 is 0 Å². The van der Waals surface area contributed by atoms with Gasteiger partial charge in [0, 0.05) is 24.3 Å². The summed E-state index contributed by atoms with van der Waals surface area (Å²) in [6.07, 6.45) is 0. The van der Waals surface area contributed by atoms with E-state index in [1.165, 1.54) is 0 Å². The molecule has 2 rings (SSSR count). The molecule has 1 saturated heterocycles. The lowest BCUT2D eigenvalue weighted by Gasteiger charge is -2.27. The molecule has 4 heteroatoms. The zero-order valence-corrected chi connectivity index (χ0v) is 10.3. The lowest BCUT2D eigenvalue weighted by atomic mass is 10.0. The van der Waals surface area contributed by atoms with E-state index >= 15 is 0 Å². The van der Waals surface area contributed by atoms with Gasteiger partial charge in [-0.05, 0) is 37.1 Å². The van der Waals surface area contributed by atoms with Gasteiger partial charge in [0.05, 0.1) is 13.2 Å². The van der Waals surface area contributed by atoms with Crippen molar-refractivity contribution in [2.75, 3.05) is 32.0 Å². The van der Waals surface area contributed by atoms with Gasteiger partial charge < -0.3 is 15.4 Å². The van der Waals surface area contributed by atoms with Crippen molar-refractivity contribution in [2.24, 2.45) is 0 Å². The highest BCUT2D eigenvalue weighted by Crippen LogP contribution is 2.19. The Morgan fingerprint density at radius 3 is 2.53 bits per heavy atom. The summed E-state index contributed by atoms with van der Waals surface area (Å²) in [6, 6.07) is 3.74. The molecule has 0 spiro atoms. The Morgan fingerprint density at radius 1 is 1.24 bits per heavy atom. The summed E-state index contributed by atoms with van der Waals surface area (Å²) in [5.74, 6) is 0.0777. The highest BCUT2D eigenvalue weighted by atomic mass is 16.5. The van der Waals surface area contributed by atoms with Crippen LogP contribution in [0.1, 0.15) is 21.5 Å². The van der Waals surface area contributed by atoms with Gasteiger partial charge in [-0.1, -0.05) is 0 Å². The second-order valence-corrected chi connectivity index (χ2v) is 4.43. The van der Waals surface area contributed by atoms with Crippen LogP contribution in [-0.4, -0.2) is 37.1 Å². The average Bonchev–Trinajstić information content (AvgIpc) is 2.34. The van der Waals surface area contributed by atoms with E-state index in [2.05, 4.69) is 0 Å². The highest BCUT2D eigenvalue weighted by molar-refractivity contribution is 5.96. The lowest BCUT2D eigenvalue weighted by Crippen LogP contribution is -2.41. The van der Waals surface area contributed by atoms with Crippen LogP contribution in [0.2, 0.25) is 0 Å². The van der Waals surface area contributed by atoms with Gasteiger partial charge in [-0.15, -0.1) is 0 Å². The van der Waals surface area contributed by atoms with Crippen LogP contribution in [0.5, 0.6) is 0 Å². The molecule has 2 N–H and O–H groups in total. The van der Waals surface area contributed by atoms with Gasteiger partial charge in [0.15, 0.2) is 0 Å². The summed E-state index contributed by atoms with van der Waals surface area (Å²) < 4.78 is 5.24. The fraction of sp³-hybridized carbons (Fsp3) is 0.462. The number of benzene rings is 1. The topological polar surface area (TPSA) is 55.6 Å². The van der Waals surface area contributed by atoms with Crippen molar-refractivity contribution in [2.45, 2.75) is 13.8 Å². The first kappa shape index (κ1) is 11.9. The number of ether oxygens (including phenoxy) is 1. The van der Waals surface area contributed by atoms with Crippen LogP contribution in [0.15, 0.2) is 12.1 Å². The molecule has 1 aliphatic heterocycles. The van der Waals surface area contributed by atoms with Gasteiger partial charge in [-0.25, -0.2) is 0 Å². The molecule has 1 fully saturated rings. The molecule has 0 radical (unpaired) electrons. The number of hydrogen-bond acceptors (Lipinski definition) is 3. The minimum Gasteiger partial charge on any atom is -0.399 e. The summed E-state index contributed by atoms with van der Waals surface area (Å²) in [6.45, 7) is 6.43. The number of nitrogens with zero attached hydrogens (tertiary/aromatic N) is 1. The van der Waals surface area contributed by atoms with E-state index in [4.69, 9.17) is 10.5 Å². The molecule has 0 atom stereocenters. The summed E-state index contributed by atoms with van der Waals surface area (Å²) in [7, 11) is 0.